The highest BCUT2D eigenvalue weighted by atomic mass is 32.1. The van der Waals surface area contributed by atoms with Gasteiger partial charge in [-0.1, -0.05) is 18.2 Å². The average Bonchev–Trinajstić information content (AvgIpc) is 3.07. The van der Waals surface area contributed by atoms with Gasteiger partial charge >= 0.3 is 12.1 Å². The van der Waals surface area contributed by atoms with Crippen molar-refractivity contribution < 1.29 is 32.6 Å². The SMILES string of the molecule is [C-]#[N+]c1ccc(N2C(=O)C3(CCC3)N(c3ccc(CCC(=O)OCCO)cc3)C2=S)cc1C(F)(F)F. The number of aliphatic hydroxyl groups is 1. The highest BCUT2D eigenvalue weighted by Gasteiger charge is 2.59. The van der Waals surface area contributed by atoms with Crippen LogP contribution in [0.2, 0.25) is 0 Å². The first kappa shape index (κ1) is 25.6. The van der Waals surface area contributed by atoms with Crippen LogP contribution in [0.3, 0.4) is 0 Å². The minimum Gasteiger partial charge on any atom is -0.463 e. The molecule has 1 saturated heterocycles. The maximum atomic E-state index is 13.5. The summed E-state index contributed by atoms with van der Waals surface area (Å²) in [7, 11) is 0. The van der Waals surface area contributed by atoms with Crippen LogP contribution in [0.5, 0.6) is 0 Å². The van der Waals surface area contributed by atoms with Crippen molar-refractivity contribution in [3.63, 3.8) is 0 Å². The number of aliphatic hydroxyl groups excluding tert-OH is 1. The van der Waals surface area contributed by atoms with Gasteiger partial charge in [0.05, 0.1) is 18.7 Å². The number of aryl methyl sites for hydroxylation is 1. The van der Waals surface area contributed by atoms with E-state index in [9.17, 15) is 22.8 Å². The van der Waals surface area contributed by atoms with Gasteiger partial charge in [-0.3, -0.25) is 14.5 Å². The van der Waals surface area contributed by atoms with Gasteiger partial charge in [-0.05, 0) is 67.7 Å². The summed E-state index contributed by atoms with van der Waals surface area (Å²) in [6, 6.07) is 10.3. The van der Waals surface area contributed by atoms with E-state index in [1.165, 1.54) is 6.07 Å². The molecule has 188 valence electrons. The third-order valence-electron chi connectivity index (χ3n) is 6.42. The topological polar surface area (TPSA) is 74.4 Å². The lowest BCUT2D eigenvalue weighted by Crippen LogP contribution is -2.55. The van der Waals surface area contributed by atoms with Crippen LogP contribution >= 0.6 is 12.2 Å². The lowest BCUT2D eigenvalue weighted by atomic mass is 9.75. The van der Waals surface area contributed by atoms with Crippen LogP contribution in [0.4, 0.5) is 30.2 Å². The van der Waals surface area contributed by atoms with Crippen molar-refractivity contribution >= 4 is 46.3 Å². The van der Waals surface area contributed by atoms with Gasteiger partial charge in [0.25, 0.3) is 5.91 Å². The fourth-order valence-corrected chi connectivity index (χ4v) is 4.95. The second-order valence-corrected chi connectivity index (χ2v) is 8.93. The molecule has 1 spiro atoms. The van der Waals surface area contributed by atoms with Crippen LogP contribution in [0.1, 0.15) is 36.8 Å². The van der Waals surface area contributed by atoms with Crippen LogP contribution in [-0.4, -0.2) is 40.8 Å². The Hall–Kier alpha value is -3.49. The van der Waals surface area contributed by atoms with E-state index >= 15 is 0 Å². The van der Waals surface area contributed by atoms with E-state index in [2.05, 4.69) is 4.85 Å². The molecule has 1 saturated carbocycles. The minimum absolute atomic E-state index is 0.0310. The van der Waals surface area contributed by atoms with E-state index < -0.39 is 34.8 Å². The Balaban J connectivity index is 1.61. The molecule has 36 heavy (non-hydrogen) atoms. The molecule has 1 aliphatic carbocycles. The number of hydrogen-bond donors (Lipinski definition) is 1. The fourth-order valence-electron chi connectivity index (χ4n) is 4.49. The summed E-state index contributed by atoms with van der Waals surface area (Å²) in [5, 5.41) is 8.80. The predicted octanol–water partition coefficient (Wildman–Crippen LogP) is 4.79. The summed E-state index contributed by atoms with van der Waals surface area (Å²) in [5.74, 6) is -0.816. The lowest BCUT2D eigenvalue weighted by Gasteiger charge is -2.43. The molecule has 0 aromatic heterocycles. The average molecular weight is 518 g/mol. The summed E-state index contributed by atoms with van der Waals surface area (Å²) in [6.07, 6.45) is -2.41. The number of hydrogen-bond acceptors (Lipinski definition) is 5. The number of carbonyl (C=O) groups excluding carboxylic acids is 2. The van der Waals surface area contributed by atoms with E-state index in [4.69, 9.17) is 28.6 Å². The van der Waals surface area contributed by atoms with Crippen molar-refractivity contribution in [2.75, 3.05) is 23.0 Å². The summed E-state index contributed by atoms with van der Waals surface area (Å²) in [4.78, 5) is 31.0. The zero-order valence-corrected chi connectivity index (χ0v) is 19.9. The first-order valence-corrected chi connectivity index (χ1v) is 11.7. The maximum absolute atomic E-state index is 13.5. The van der Waals surface area contributed by atoms with Crippen molar-refractivity contribution in [2.24, 2.45) is 0 Å². The van der Waals surface area contributed by atoms with Crippen molar-refractivity contribution in [3.05, 3.63) is 65.0 Å². The van der Waals surface area contributed by atoms with Crippen LogP contribution in [-0.2, 0) is 26.9 Å². The molecule has 2 aromatic rings. The van der Waals surface area contributed by atoms with Gasteiger partial charge in [-0.15, -0.1) is 0 Å². The van der Waals surface area contributed by atoms with E-state index in [0.29, 0.717) is 24.9 Å². The number of alkyl halides is 3. The third kappa shape index (κ3) is 4.54. The van der Waals surface area contributed by atoms with Crippen LogP contribution < -0.4 is 9.80 Å². The predicted molar refractivity (Wildman–Crippen MR) is 130 cm³/mol. The fraction of sp³-hybridized carbons (Fsp3) is 0.360. The molecule has 0 radical (unpaired) electrons. The number of benzene rings is 2. The second-order valence-electron chi connectivity index (χ2n) is 8.57. The Morgan fingerprint density at radius 3 is 2.39 bits per heavy atom. The Kier molecular flexibility index (Phi) is 7.02. The van der Waals surface area contributed by atoms with Crippen LogP contribution in [0.15, 0.2) is 42.5 Å². The molecule has 11 heteroatoms. The number of nitrogens with zero attached hydrogens (tertiary/aromatic N) is 3. The Morgan fingerprint density at radius 2 is 1.83 bits per heavy atom. The van der Waals surface area contributed by atoms with Gasteiger partial charge in [0.15, 0.2) is 10.8 Å². The zero-order valence-electron chi connectivity index (χ0n) is 19.0. The molecule has 2 fully saturated rings. The monoisotopic (exact) mass is 517 g/mol. The molecule has 0 unspecified atom stereocenters. The zero-order chi connectivity index (χ0) is 26.1. The number of rotatable bonds is 7. The van der Waals surface area contributed by atoms with E-state index in [0.717, 1.165) is 29.0 Å². The summed E-state index contributed by atoms with van der Waals surface area (Å²) in [5.41, 5.74) is -1.19. The van der Waals surface area contributed by atoms with Crippen molar-refractivity contribution in [2.45, 2.75) is 43.8 Å². The lowest BCUT2D eigenvalue weighted by molar-refractivity contribution is -0.144. The quantitative estimate of drug-likeness (QED) is 0.324. The summed E-state index contributed by atoms with van der Waals surface area (Å²) >= 11 is 5.62. The molecule has 0 atom stereocenters. The van der Waals surface area contributed by atoms with Gasteiger partial charge < -0.3 is 14.7 Å². The molecule has 1 amide bonds. The number of carbonyl (C=O) groups is 2. The van der Waals surface area contributed by atoms with Gasteiger partial charge in [-0.2, -0.15) is 13.2 Å². The van der Waals surface area contributed by atoms with E-state index in [1.807, 2.05) is 0 Å². The molecule has 2 aliphatic rings. The normalized spacial score (nSPS) is 16.8. The number of halogens is 3. The largest absolute Gasteiger partial charge is 0.463 e. The minimum atomic E-state index is -4.76. The van der Waals surface area contributed by atoms with Crippen molar-refractivity contribution in [1.82, 2.24) is 0 Å². The molecule has 2 aromatic carbocycles. The number of esters is 1. The Morgan fingerprint density at radius 1 is 1.17 bits per heavy atom. The number of ether oxygens (including phenoxy) is 1. The van der Waals surface area contributed by atoms with Crippen LogP contribution in [0, 0.1) is 6.57 Å². The molecule has 1 aliphatic heterocycles. The Bertz CT molecular complexity index is 1240. The molecular formula is C25H22F3N3O4S. The molecule has 4 rings (SSSR count). The van der Waals surface area contributed by atoms with Crippen molar-refractivity contribution in [1.29, 1.82) is 0 Å². The number of amides is 1. The first-order chi connectivity index (χ1) is 17.1. The highest BCUT2D eigenvalue weighted by Crippen LogP contribution is 2.48. The number of anilines is 2. The Labute approximate surface area is 210 Å². The molecule has 0 bridgehead atoms. The molecular weight excluding hydrogens is 495 g/mol. The number of thiocarbonyl (C=S) groups is 1. The summed E-state index contributed by atoms with van der Waals surface area (Å²) < 4.78 is 45.5. The maximum Gasteiger partial charge on any atom is 0.407 e. The van der Waals surface area contributed by atoms with Crippen LogP contribution in [0.25, 0.3) is 4.85 Å². The second kappa shape index (κ2) is 9.87. The van der Waals surface area contributed by atoms with Gasteiger partial charge in [0.2, 0.25) is 0 Å². The molecule has 7 nitrogen and oxygen atoms in total. The highest BCUT2D eigenvalue weighted by molar-refractivity contribution is 7.81. The first-order valence-electron chi connectivity index (χ1n) is 11.3. The standard InChI is InChI=1S/C25H22F3N3O4S/c1-29-20-9-8-18(15-19(20)25(26,27)28)30-22(34)24(11-2-12-24)31(23(30)36)17-6-3-16(4-7-17)5-10-21(33)35-14-13-32/h3-4,6-9,15,32H,2,5,10-14H2. The van der Waals surface area contributed by atoms with E-state index in [-0.39, 0.29) is 30.4 Å². The smallest absolute Gasteiger partial charge is 0.407 e. The third-order valence-corrected chi connectivity index (χ3v) is 6.79. The summed E-state index contributed by atoms with van der Waals surface area (Å²) in [6.45, 7) is 6.75. The molecule has 1 heterocycles. The van der Waals surface area contributed by atoms with Crippen molar-refractivity contribution in [3.8, 4) is 0 Å². The van der Waals surface area contributed by atoms with Gasteiger partial charge in [0, 0.05) is 17.8 Å². The van der Waals surface area contributed by atoms with Gasteiger partial charge in [0.1, 0.15) is 12.1 Å². The van der Waals surface area contributed by atoms with Gasteiger partial charge in [-0.25, -0.2) is 4.85 Å². The molecule has 1 N–H and O–H groups in total. The van der Waals surface area contributed by atoms with E-state index in [1.54, 1.807) is 29.2 Å².